The summed E-state index contributed by atoms with van der Waals surface area (Å²) in [5, 5.41) is 6.03. The number of nitrogens with one attached hydrogen (secondary N) is 2. The van der Waals surface area contributed by atoms with E-state index in [0.717, 1.165) is 35.6 Å². The fraction of sp³-hybridized carbons (Fsp3) is 0.476. The number of carbonyl (C=O) groups is 1. The summed E-state index contributed by atoms with van der Waals surface area (Å²) in [6, 6.07) is 7.63. The Balaban J connectivity index is 0.00000180. The van der Waals surface area contributed by atoms with Crippen LogP contribution in [0.25, 0.3) is 0 Å². The van der Waals surface area contributed by atoms with Crippen molar-refractivity contribution in [2.24, 2.45) is 11.8 Å². The number of benzene rings is 1. The molecule has 4 unspecified atom stereocenters. The second kappa shape index (κ2) is 6.95. The lowest BCUT2D eigenvalue weighted by Crippen LogP contribution is -2.25. The van der Waals surface area contributed by atoms with Crippen LogP contribution in [-0.4, -0.2) is 12.5 Å². The van der Waals surface area contributed by atoms with E-state index in [1.54, 1.807) is 6.07 Å². The molecule has 2 heterocycles. The minimum Gasteiger partial charge on any atom is -0.465 e. The molecule has 2 saturated carbocycles. The highest BCUT2D eigenvalue weighted by molar-refractivity contribution is 5.95. The van der Waals surface area contributed by atoms with E-state index >= 15 is 0 Å². The molecule has 4 atom stereocenters. The Morgan fingerprint density at radius 2 is 1.93 bits per heavy atom. The first kappa shape index (κ1) is 18.5. The van der Waals surface area contributed by atoms with E-state index in [2.05, 4.69) is 17.6 Å². The molecule has 5 rings (SSSR count). The molecule has 4 nitrogen and oxygen atoms in total. The van der Waals surface area contributed by atoms with Crippen LogP contribution in [0, 0.1) is 17.7 Å². The first-order valence-electron chi connectivity index (χ1n) is 9.53. The molecule has 6 heteroatoms. The van der Waals surface area contributed by atoms with Crippen LogP contribution >= 0.6 is 12.4 Å². The molecule has 3 aliphatic rings. The van der Waals surface area contributed by atoms with Gasteiger partial charge in [0.15, 0.2) is 0 Å². The van der Waals surface area contributed by atoms with Crippen LogP contribution in [0.15, 0.2) is 28.7 Å². The predicted octanol–water partition coefficient (Wildman–Crippen LogP) is 4.35. The van der Waals surface area contributed by atoms with Crippen molar-refractivity contribution in [1.82, 2.24) is 5.32 Å². The highest BCUT2D eigenvalue weighted by Crippen LogP contribution is 2.52. The average molecular weight is 391 g/mol. The van der Waals surface area contributed by atoms with Crippen molar-refractivity contribution in [3.05, 3.63) is 52.7 Å². The van der Waals surface area contributed by atoms with Gasteiger partial charge < -0.3 is 15.1 Å². The average Bonchev–Trinajstić information content (AvgIpc) is 3.55. The summed E-state index contributed by atoms with van der Waals surface area (Å²) in [6.45, 7) is 3.68. The Morgan fingerprint density at radius 1 is 1.19 bits per heavy atom. The van der Waals surface area contributed by atoms with Crippen LogP contribution in [-0.2, 0) is 17.8 Å². The van der Waals surface area contributed by atoms with Gasteiger partial charge in [0, 0.05) is 24.3 Å². The van der Waals surface area contributed by atoms with E-state index in [0.29, 0.717) is 30.5 Å². The van der Waals surface area contributed by atoms with Gasteiger partial charge in [0.25, 0.3) is 0 Å². The van der Waals surface area contributed by atoms with Crippen LogP contribution in [0.5, 0.6) is 0 Å². The second-order valence-electron chi connectivity index (χ2n) is 7.99. The van der Waals surface area contributed by atoms with Crippen LogP contribution in [0.2, 0.25) is 0 Å². The third-order valence-corrected chi connectivity index (χ3v) is 6.08. The predicted molar refractivity (Wildman–Crippen MR) is 104 cm³/mol. The standard InChI is InChI=1S/C21H23FN2O2.ClH/c1-11-8-14(11)18-4-5-19(26-18)15-9-16(15)21(25)24-17-3-2-12-10-23-7-6-13(12)20(17)22;/h2-5,11,14-16,23H,6-10H2,1H3,(H,24,25);1H. The summed E-state index contributed by atoms with van der Waals surface area (Å²) in [4.78, 5) is 12.6. The number of furan rings is 1. The van der Waals surface area contributed by atoms with Crippen molar-refractivity contribution in [2.75, 3.05) is 11.9 Å². The lowest BCUT2D eigenvalue weighted by Gasteiger charge is -2.19. The molecule has 144 valence electrons. The number of amides is 1. The van der Waals surface area contributed by atoms with Gasteiger partial charge in [-0.3, -0.25) is 4.79 Å². The first-order chi connectivity index (χ1) is 12.6. The number of fused-ring (bicyclic) bond motifs is 1. The minimum absolute atomic E-state index is 0. The molecule has 2 N–H and O–H groups in total. The first-order valence-corrected chi connectivity index (χ1v) is 9.53. The monoisotopic (exact) mass is 390 g/mol. The smallest absolute Gasteiger partial charge is 0.228 e. The third kappa shape index (κ3) is 3.39. The van der Waals surface area contributed by atoms with Crippen LogP contribution < -0.4 is 10.6 Å². The quantitative estimate of drug-likeness (QED) is 0.815. The molecule has 1 amide bonds. The van der Waals surface area contributed by atoms with E-state index in [1.807, 2.05) is 18.2 Å². The minimum atomic E-state index is -0.280. The number of hydrogen-bond acceptors (Lipinski definition) is 3. The normalized spacial score (nSPS) is 28.1. The SMILES string of the molecule is CC1CC1c1ccc(C2CC2C(=O)Nc2ccc3c(c2F)CCNC3)o1.Cl. The molecule has 2 aliphatic carbocycles. The molecular formula is C21H24ClFN2O2. The largest absolute Gasteiger partial charge is 0.465 e. The maximum atomic E-state index is 14.7. The Labute approximate surface area is 164 Å². The van der Waals surface area contributed by atoms with Crippen LogP contribution in [0.4, 0.5) is 10.1 Å². The summed E-state index contributed by atoms with van der Waals surface area (Å²) in [7, 11) is 0. The molecule has 2 fully saturated rings. The Bertz CT molecular complexity index is 881. The summed E-state index contributed by atoms with van der Waals surface area (Å²) >= 11 is 0. The third-order valence-electron chi connectivity index (χ3n) is 6.08. The van der Waals surface area contributed by atoms with Gasteiger partial charge in [0.1, 0.15) is 17.3 Å². The Hall–Kier alpha value is -1.85. The lowest BCUT2D eigenvalue weighted by molar-refractivity contribution is -0.117. The van der Waals surface area contributed by atoms with Crippen molar-refractivity contribution in [3.8, 4) is 0 Å². The maximum Gasteiger partial charge on any atom is 0.228 e. The van der Waals surface area contributed by atoms with E-state index in [-0.39, 0.29) is 36.0 Å². The van der Waals surface area contributed by atoms with E-state index in [1.165, 1.54) is 6.42 Å². The number of anilines is 1. The van der Waals surface area contributed by atoms with Crippen molar-refractivity contribution < 1.29 is 13.6 Å². The van der Waals surface area contributed by atoms with Gasteiger partial charge in [0.2, 0.25) is 5.91 Å². The molecule has 2 aromatic rings. The zero-order valence-electron chi connectivity index (χ0n) is 15.3. The van der Waals surface area contributed by atoms with Crippen LogP contribution in [0.1, 0.15) is 54.2 Å². The van der Waals surface area contributed by atoms with Gasteiger partial charge in [-0.15, -0.1) is 12.4 Å². The molecule has 0 bridgehead atoms. The molecule has 1 aromatic carbocycles. The van der Waals surface area contributed by atoms with Gasteiger partial charge >= 0.3 is 0 Å². The molecule has 0 spiro atoms. The van der Waals surface area contributed by atoms with Gasteiger partial charge in [-0.05, 0) is 61.1 Å². The fourth-order valence-corrected chi connectivity index (χ4v) is 4.14. The number of rotatable bonds is 4. The molecule has 0 radical (unpaired) electrons. The second-order valence-corrected chi connectivity index (χ2v) is 7.99. The summed E-state index contributed by atoms with van der Waals surface area (Å²) in [6.07, 6.45) is 2.62. The van der Waals surface area contributed by atoms with Crippen molar-refractivity contribution >= 4 is 24.0 Å². The van der Waals surface area contributed by atoms with Crippen molar-refractivity contribution in [1.29, 1.82) is 0 Å². The van der Waals surface area contributed by atoms with Crippen molar-refractivity contribution in [2.45, 2.75) is 44.6 Å². The van der Waals surface area contributed by atoms with E-state index in [4.69, 9.17) is 4.42 Å². The summed E-state index contributed by atoms with van der Waals surface area (Å²) in [5.41, 5.74) is 2.00. The molecule has 1 aromatic heterocycles. The molecule has 27 heavy (non-hydrogen) atoms. The number of hydrogen-bond donors (Lipinski definition) is 2. The van der Waals surface area contributed by atoms with Crippen molar-refractivity contribution in [3.63, 3.8) is 0 Å². The summed E-state index contributed by atoms with van der Waals surface area (Å²) in [5.74, 6) is 2.82. The molecular weight excluding hydrogens is 367 g/mol. The topological polar surface area (TPSA) is 54.3 Å². The van der Waals surface area contributed by atoms with Gasteiger partial charge in [-0.2, -0.15) is 0 Å². The lowest BCUT2D eigenvalue weighted by atomic mass is 9.99. The van der Waals surface area contributed by atoms with E-state index in [9.17, 15) is 9.18 Å². The zero-order valence-corrected chi connectivity index (χ0v) is 16.1. The number of carbonyl (C=O) groups excluding carboxylic acids is 1. The number of halogens is 2. The summed E-state index contributed by atoms with van der Waals surface area (Å²) < 4.78 is 20.7. The molecule has 1 aliphatic heterocycles. The Morgan fingerprint density at radius 3 is 2.67 bits per heavy atom. The van der Waals surface area contributed by atoms with E-state index < -0.39 is 0 Å². The van der Waals surface area contributed by atoms with Gasteiger partial charge in [0.05, 0.1) is 5.69 Å². The molecule has 0 saturated heterocycles. The van der Waals surface area contributed by atoms with Gasteiger partial charge in [-0.25, -0.2) is 4.39 Å². The zero-order chi connectivity index (χ0) is 17.8. The Kier molecular flexibility index (Phi) is 4.77. The fourth-order valence-electron chi connectivity index (χ4n) is 4.14. The van der Waals surface area contributed by atoms with Gasteiger partial charge in [-0.1, -0.05) is 13.0 Å². The van der Waals surface area contributed by atoms with Crippen LogP contribution in [0.3, 0.4) is 0 Å². The maximum absolute atomic E-state index is 14.7. The highest BCUT2D eigenvalue weighted by atomic mass is 35.5. The highest BCUT2D eigenvalue weighted by Gasteiger charge is 2.47.